The van der Waals surface area contributed by atoms with Gasteiger partial charge in [0.25, 0.3) is 0 Å². The largest absolute Gasteiger partial charge is 0.506 e. The standard InChI is InChI=1S/C7H7ClOS/c1-4-2-5(10)3-6(8)7(4)9/h2-3,9-10H,1H3. The summed E-state index contributed by atoms with van der Waals surface area (Å²) in [5, 5.41) is 9.52. The fourth-order valence-electron chi connectivity index (χ4n) is 0.718. The maximum atomic E-state index is 9.16. The fourth-order valence-corrected chi connectivity index (χ4v) is 1.38. The molecule has 0 heterocycles. The summed E-state index contributed by atoms with van der Waals surface area (Å²) < 4.78 is 0. The third kappa shape index (κ3) is 1.39. The molecule has 0 aliphatic carbocycles. The Hall–Kier alpha value is -0.340. The van der Waals surface area contributed by atoms with Gasteiger partial charge in [-0.2, -0.15) is 0 Å². The number of phenols is 1. The lowest BCUT2D eigenvalue weighted by atomic mass is 10.2. The number of hydrogen-bond acceptors (Lipinski definition) is 2. The summed E-state index contributed by atoms with van der Waals surface area (Å²) in [6.07, 6.45) is 0. The Kier molecular flexibility index (Phi) is 2.11. The van der Waals surface area contributed by atoms with Crippen molar-refractivity contribution in [3.63, 3.8) is 0 Å². The summed E-state index contributed by atoms with van der Waals surface area (Å²) in [4.78, 5) is 0.764. The van der Waals surface area contributed by atoms with E-state index in [-0.39, 0.29) is 5.75 Å². The van der Waals surface area contributed by atoms with Gasteiger partial charge in [0, 0.05) is 4.90 Å². The Balaban J connectivity index is 3.31. The minimum atomic E-state index is 0.138. The van der Waals surface area contributed by atoms with Gasteiger partial charge in [0.1, 0.15) is 5.75 Å². The van der Waals surface area contributed by atoms with Crippen molar-refractivity contribution in [1.29, 1.82) is 0 Å². The maximum Gasteiger partial charge on any atom is 0.137 e. The molecule has 0 bridgehead atoms. The lowest BCUT2D eigenvalue weighted by Gasteiger charge is -2.00. The van der Waals surface area contributed by atoms with Crippen LogP contribution in [0.2, 0.25) is 5.02 Å². The number of halogens is 1. The molecule has 54 valence electrons. The predicted molar refractivity (Wildman–Crippen MR) is 45.1 cm³/mol. The highest BCUT2D eigenvalue weighted by molar-refractivity contribution is 7.80. The maximum absolute atomic E-state index is 9.16. The zero-order chi connectivity index (χ0) is 7.72. The van der Waals surface area contributed by atoms with Crippen molar-refractivity contribution >= 4 is 24.2 Å². The van der Waals surface area contributed by atoms with Crippen LogP contribution in [0.1, 0.15) is 5.56 Å². The molecule has 0 aliphatic heterocycles. The molecule has 0 spiro atoms. The smallest absolute Gasteiger partial charge is 0.137 e. The second-order valence-electron chi connectivity index (χ2n) is 2.09. The van der Waals surface area contributed by atoms with E-state index in [4.69, 9.17) is 16.7 Å². The quantitative estimate of drug-likeness (QED) is 0.580. The molecule has 0 saturated heterocycles. The lowest BCUT2D eigenvalue weighted by Crippen LogP contribution is -1.76. The van der Waals surface area contributed by atoms with E-state index in [0.717, 1.165) is 10.5 Å². The first-order chi connectivity index (χ1) is 4.61. The Bertz CT molecular complexity index is 237. The van der Waals surface area contributed by atoms with Crippen molar-refractivity contribution in [2.75, 3.05) is 0 Å². The summed E-state index contributed by atoms with van der Waals surface area (Å²) in [6.45, 7) is 1.78. The average molecular weight is 175 g/mol. The van der Waals surface area contributed by atoms with E-state index in [2.05, 4.69) is 12.6 Å². The van der Waals surface area contributed by atoms with Crippen LogP contribution < -0.4 is 0 Å². The fraction of sp³-hybridized carbons (Fsp3) is 0.143. The van der Waals surface area contributed by atoms with Crippen LogP contribution in [0.5, 0.6) is 5.75 Å². The number of hydrogen-bond donors (Lipinski definition) is 2. The lowest BCUT2D eigenvalue weighted by molar-refractivity contribution is 0.471. The van der Waals surface area contributed by atoms with Crippen LogP contribution in [0.25, 0.3) is 0 Å². The number of thiol groups is 1. The minimum absolute atomic E-state index is 0.138. The molecule has 1 rings (SSSR count). The summed E-state index contributed by atoms with van der Waals surface area (Å²) in [6, 6.07) is 3.36. The molecule has 1 aromatic rings. The molecular weight excluding hydrogens is 168 g/mol. The predicted octanol–water partition coefficient (Wildman–Crippen LogP) is 2.64. The first-order valence-corrected chi connectivity index (χ1v) is 3.62. The monoisotopic (exact) mass is 174 g/mol. The molecule has 1 aromatic carbocycles. The van der Waals surface area contributed by atoms with Gasteiger partial charge in [-0.1, -0.05) is 11.6 Å². The number of benzene rings is 1. The van der Waals surface area contributed by atoms with E-state index < -0.39 is 0 Å². The van der Waals surface area contributed by atoms with Crippen molar-refractivity contribution < 1.29 is 5.11 Å². The second kappa shape index (κ2) is 2.72. The average Bonchev–Trinajstić information content (AvgIpc) is 1.82. The molecule has 0 aromatic heterocycles. The van der Waals surface area contributed by atoms with E-state index in [1.807, 2.05) is 0 Å². The first kappa shape index (κ1) is 7.76. The van der Waals surface area contributed by atoms with E-state index in [1.165, 1.54) is 0 Å². The third-order valence-electron chi connectivity index (χ3n) is 1.24. The number of aryl methyl sites for hydroxylation is 1. The van der Waals surface area contributed by atoms with Crippen molar-refractivity contribution in [3.8, 4) is 5.75 Å². The van der Waals surface area contributed by atoms with E-state index >= 15 is 0 Å². The van der Waals surface area contributed by atoms with Crippen LogP contribution in [0.4, 0.5) is 0 Å². The van der Waals surface area contributed by atoms with Crippen molar-refractivity contribution in [2.45, 2.75) is 11.8 Å². The van der Waals surface area contributed by atoms with Gasteiger partial charge in [0.2, 0.25) is 0 Å². The van der Waals surface area contributed by atoms with Crippen LogP contribution in [0.15, 0.2) is 17.0 Å². The first-order valence-electron chi connectivity index (χ1n) is 2.79. The SMILES string of the molecule is Cc1cc(S)cc(Cl)c1O. The van der Waals surface area contributed by atoms with Gasteiger partial charge in [0.15, 0.2) is 0 Å². The van der Waals surface area contributed by atoms with Gasteiger partial charge in [-0.25, -0.2) is 0 Å². The van der Waals surface area contributed by atoms with E-state index in [9.17, 15) is 0 Å². The van der Waals surface area contributed by atoms with Crippen molar-refractivity contribution in [1.82, 2.24) is 0 Å². The molecule has 1 nitrogen and oxygen atoms in total. The van der Waals surface area contributed by atoms with Gasteiger partial charge in [0.05, 0.1) is 5.02 Å². The van der Waals surface area contributed by atoms with Crippen molar-refractivity contribution in [3.05, 3.63) is 22.7 Å². The molecule has 0 saturated carbocycles. The van der Waals surface area contributed by atoms with Crippen LogP contribution >= 0.6 is 24.2 Å². The highest BCUT2D eigenvalue weighted by atomic mass is 35.5. The molecule has 0 fully saturated rings. The molecule has 0 radical (unpaired) electrons. The van der Waals surface area contributed by atoms with Crippen LogP contribution in [-0.2, 0) is 0 Å². The normalized spacial score (nSPS) is 9.90. The molecule has 10 heavy (non-hydrogen) atoms. The topological polar surface area (TPSA) is 20.2 Å². The molecule has 1 N–H and O–H groups in total. The van der Waals surface area contributed by atoms with Gasteiger partial charge >= 0.3 is 0 Å². The summed E-state index contributed by atoms with van der Waals surface area (Å²) in [5.74, 6) is 0.138. The Morgan fingerprint density at radius 2 is 2.10 bits per heavy atom. The van der Waals surface area contributed by atoms with Crippen LogP contribution in [-0.4, -0.2) is 5.11 Å². The summed E-state index contributed by atoms with van der Waals surface area (Å²) >= 11 is 9.70. The van der Waals surface area contributed by atoms with E-state index in [0.29, 0.717) is 5.02 Å². The Morgan fingerprint density at radius 1 is 1.50 bits per heavy atom. The van der Waals surface area contributed by atoms with Gasteiger partial charge in [-0.15, -0.1) is 12.6 Å². The zero-order valence-electron chi connectivity index (χ0n) is 5.43. The third-order valence-corrected chi connectivity index (χ3v) is 1.79. The minimum Gasteiger partial charge on any atom is -0.506 e. The highest BCUT2D eigenvalue weighted by Crippen LogP contribution is 2.29. The van der Waals surface area contributed by atoms with E-state index in [1.54, 1.807) is 19.1 Å². The molecule has 0 unspecified atom stereocenters. The van der Waals surface area contributed by atoms with Gasteiger partial charge in [-0.3, -0.25) is 0 Å². The Labute approximate surface area is 70.0 Å². The number of aromatic hydroxyl groups is 1. The molecule has 0 amide bonds. The highest BCUT2D eigenvalue weighted by Gasteiger charge is 2.01. The number of phenolic OH excluding ortho intramolecular Hbond substituents is 1. The molecular formula is C7H7ClOS. The summed E-state index contributed by atoms with van der Waals surface area (Å²) in [5.41, 5.74) is 0.748. The molecule has 0 atom stereocenters. The van der Waals surface area contributed by atoms with Crippen molar-refractivity contribution in [2.24, 2.45) is 0 Å². The van der Waals surface area contributed by atoms with Gasteiger partial charge in [-0.05, 0) is 24.6 Å². The summed E-state index contributed by atoms with van der Waals surface area (Å²) in [7, 11) is 0. The van der Waals surface area contributed by atoms with Gasteiger partial charge < -0.3 is 5.11 Å². The van der Waals surface area contributed by atoms with Crippen LogP contribution in [0.3, 0.4) is 0 Å². The van der Waals surface area contributed by atoms with Crippen LogP contribution in [0, 0.1) is 6.92 Å². The zero-order valence-corrected chi connectivity index (χ0v) is 7.08. The molecule has 3 heteroatoms. The number of rotatable bonds is 0. The molecule has 0 aliphatic rings. The Morgan fingerprint density at radius 3 is 2.60 bits per heavy atom. The second-order valence-corrected chi connectivity index (χ2v) is 3.02.